The van der Waals surface area contributed by atoms with E-state index in [1.54, 1.807) is 0 Å². The quantitative estimate of drug-likeness (QED) is 0.146. The molecular weight excluding hydrogens is 749 g/mol. The van der Waals surface area contributed by atoms with Crippen molar-refractivity contribution in [3.8, 4) is 39.1 Å². The SMILES string of the molecule is c1ccc(-c2ccc(N(c3ccccc3-c3ccccc3)c3cc4ccccc4c4c3c3cc(-c5ccccc5)ccc3n4-c3cc4ccccc4c4ccccc34)cc2)cc1. The van der Waals surface area contributed by atoms with E-state index in [0.29, 0.717) is 0 Å². The number of rotatable bonds is 7. The van der Waals surface area contributed by atoms with E-state index in [9.17, 15) is 0 Å². The van der Waals surface area contributed by atoms with Gasteiger partial charge in [-0.3, -0.25) is 0 Å². The van der Waals surface area contributed by atoms with Gasteiger partial charge in [-0.25, -0.2) is 0 Å². The molecule has 12 aromatic rings. The number of nitrogens with zero attached hydrogens (tertiary/aromatic N) is 2. The van der Waals surface area contributed by atoms with Crippen LogP contribution in [0.4, 0.5) is 17.1 Å². The molecule has 0 amide bonds. The molecule has 0 aliphatic heterocycles. The first-order valence-corrected chi connectivity index (χ1v) is 21.3. The Labute approximate surface area is 360 Å². The molecule has 12 rings (SSSR count). The highest BCUT2D eigenvalue weighted by Gasteiger charge is 2.26. The molecular formula is C60H40N2. The van der Waals surface area contributed by atoms with Gasteiger partial charge in [-0.1, -0.05) is 200 Å². The minimum absolute atomic E-state index is 1.08. The van der Waals surface area contributed by atoms with E-state index < -0.39 is 0 Å². The maximum atomic E-state index is 2.56. The zero-order valence-electron chi connectivity index (χ0n) is 34.0. The molecule has 0 saturated heterocycles. The summed E-state index contributed by atoms with van der Waals surface area (Å²) in [6, 6.07) is 88.7. The molecule has 290 valence electrons. The third-order valence-electron chi connectivity index (χ3n) is 12.5. The van der Waals surface area contributed by atoms with Gasteiger partial charge in [0.15, 0.2) is 0 Å². The van der Waals surface area contributed by atoms with Crippen LogP contribution in [0.25, 0.3) is 93.2 Å². The van der Waals surface area contributed by atoms with Crippen molar-refractivity contribution in [2.45, 2.75) is 0 Å². The lowest BCUT2D eigenvalue weighted by molar-refractivity contribution is 1.21. The Balaban J connectivity index is 1.25. The number of aromatic nitrogens is 1. The fourth-order valence-corrected chi connectivity index (χ4v) is 9.69. The Hall–Kier alpha value is -8.20. The Morgan fingerprint density at radius 2 is 0.823 bits per heavy atom. The highest BCUT2D eigenvalue weighted by molar-refractivity contribution is 6.26. The highest BCUT2D eigenvalue weighted by atomic mass is 15.2. The van der Waals surface area contributed by atoms with Gasteiger partial charge in [0.05, 0.1) is 28.1 Å². The number of hydrogen-bond acceptors (Lipinski definition) is 1. The van der Waals surface area contributed by atoms with Crippen molar-refractivity contribution in [1.29, 1.82) is 0 Å². The van der Waals surface area contributed by atoms with Crippen molar-refractivity contribution >= 4 is 71.2 Å². The first-order valence-electron chi connectivity index (χ1n) is 21.3. The molecule has 0 N–H and O–H groups in total. The molecule has 2 heteroatoms. The largest absolute Gasteiger partial charge is 0.309 e. The van der Waals surface area contributed by atoms with E-state index in [4.69, 9.17) is 0 Å². The molecule has 0 fully saturated rings. The Kier molecular flexibility index (Phi) is 8.53. The van der Waals surface area contributed by atoms with Gasteiger partial charge in [-0.05, 0) is 91.8 Å². The van der Waals surface area contributed by atoms with Crippen molar-refractivity contribution in [1.82, 2.24) is 4.57 Å². The summed E-state index contributed by atoms with van der Waals surface area (Å²) in [5.41, 5.74) is 13.9. The van der Waals surface area contributed by atoms with Crippen LogP contribution in [0.3, 0.4) is 0 Å². The molecule has 2 nitrogen and oxygen atoms in total. The maximum absolute atomic E-state index is 2.56. The third-order valence-corrected chi connectivity index (χ3v) is 12.5. The predicted octanol–water partition coefficient (Wildman–Crippen LogP) is 16.7. The predicted molar refractivity (Wildman–Crippen MR) is 264 cm³/mol. The minimum atomic E-state index is 1.08. The second kappa shape index (κ2) is 14.8. The molecule has 1 aromatic heterocycles. The monoisotopic (exact) mass is 788 g/mol. The summed E-state index contributed by atoms with van der Waals surface area (Å²) in [5, 5.41) is 9.71. The Morgan fingerprint density at radius 3 is 1.53 bits per heavy atom. The summed E-state index contributed by atoms with van der Waals surface area (Å²) in [4.78, 5) is 2.50. The fourth-order valence-electron chi connectivity index (χ4n) is 9.69. The average Bonchev–Trinajstić information content (AvgIpc) is 3.70. The molecule has 0 aliphatic rings. The number of fused-ring (bicyclic) bond motifs is 8. The molecule has 1 heterocycles. The molecule has 0 radical (unpaired) electrons. The van der Waals surface area contributed by atoms with E-state index in [1.165, 1.54) is 76.4 Å². The van der Waals surface area contributed by atoms with Crippen LogP contribution < -0.4 is 4.90 Å². The lowest BCUT2D eigenvalue weighted by Gasteiger charge is -2.29. The van der Waals surface area contributed by atoms with Gasteiger partial charge in [0.25, 0.3) is 0 Å². The highest BCUT2D eigenvalue weighted by Crippen LogP contribution is 2.50. The normalized spacial score (nSPS) is 11.5. The number of hydrogen-bond donors (Lipinski definition) is 0. The molecule has 0 saturated carbocycles. The molecule has 62 heavy (non-hydrogen) atoms. The first-order chi connectivity index (χ1) is 30.8. The van der Waals surface area contributed by atoms with Crippen molar-refractivity contribution in [2.24, 2.45) is 0 Å². The van der Waals surface area contributed by atoms with Crippen LogP contribution in [0.2, 0.25) is 0 Å². The van der Waals surface area contributed by atoms with Crippen molar-refractivity contribution < 1.29 is 0 Å². The molecule has 0 atom stereocenters. The summed E-state index contributed by atoms with van der Waals surface area (Å²) < 4.78 is 2.56. The van der Waals surface area contributed by atoms with E-state index in [-0.39, 0.29) is 0 Å². The van der Waals surface area contributed by atoms with Crippen LogP contribution >= 0.6 is 0 Å². The van der Waals surface area contributed by atoms with Crippen LogP contribution in [0.15, 0.2) is 243 Å². The lowest BCUT2D eigenvalue weighted by atomic mass is 9.97. The topological polar surface area (TPSA) is 8.17 Å². The lowest BCUT2D eigenvalue weighted by Crippen LogP contribution is -2.12. The minimum Gasteiger partial charge on any atom is -0.309 e. The maximum Gasteiger partial charge on any atom is 0.0640 e. The number of benzene rings is 11. The third kappa shape index (κ3) is 5.88. The summed E-state index contributed by atoms with van der Waals surface area (Å²) in [5.74, 6) is 0. The van der Waals surface area contributed by atoms with Crippen LogP contribution in [0, 0.1) is 0 Å². The standard InChI is InChI=1S/C60H40N2/c1-4-18-41(19-5-1)43-32-35-48(36-33-43)61(55-31-17-16-27-50(55)44-22-8-3-9-23-44)58-40-47-25-11-13-28-51(47)60-59(58)54-38-45(42-20-6-2-7-21-42)34-37-56(54)62(60)57-39-46-24-10-12-26-49(46)52-29-14-15-30-53(52)57/h1-40H. The van der Waals surface area contributed by atoms with Crippen molar-refractivity contribution in [2.75, 3.05) is 4.90 Å². The van der Waals surface area contributed by atoms with Gasteiger partial charge >= 0.3 is 0 Å². The van der Waals surface area contributed by atoms with E-state index in [0.717, 1.165) is 33.8 Å². The zero-order chi connectivity index (χ0) is 41.0. The summed E-state index contributed by atoms with van der Waals surface area (Å²) in [7, 11) is 0. The molecule has 0 bridgehead atoms. The van der Waals surface area contributed by atoms with E-state index in [1.807, 2.05) is 0 Å². The van der Waals surface area contributed by atoms with Crippen molar-refractivity contribution in [3.63, 3.8) is 0 Å². The number of para-hydroxylation sites is 1. The zero-order valence-corrected chi connectivity index (χ0v) is 34.0. The Bertz CT molecular complexity index is 3610. The first kappa shape index (κ1) is 35.7. The smallest absolute Gasteiger partial charge is 0.0640 e. The summed E-state index contributed by atoms with van der Waals surface area (Å²) in [6.07, 6.45) is 0. The van der Waals surface area contributed by atoms with Crippen LogP contribution in [-0.2, 0) is 0 Å². The summed E-state index contributed by atoms with van der Waals surface area (Å²) >= 11 is 0. The Morgan fingerprint density at radius 1 is 0.306 bits per heavy atom. The van der Waals surface area contributed by atoms with Gasteiger partial charge in [-0.15, -0.1) is 0 Å². The molecule has 0 unspecified atom stereocenters. The second-order valence-electron chi connectivity index (χ2n) is 16.1. The van der Waals surface area contributed by atoms with Crippen LogP contribution in [0.1, 0.15) is 0 Å². The van der Waals surface area contributed by atoms with Crippen LogP contribution in [-0.4, -0.2) is 4.57 Å². The van der Waals surface area contributed by atoms with Gasteiger partial charge in [0.1, 0.15) is 0 Å². The van der Waals surface area contributed by atoms with E-state index in [2.05, 4.69) is 252 Å². The average molecular weight is 789 g/mol. The van der Waals surface area contributed by atoms with Crippen molar-refractivity contribution in [3.05, 3.63) is 243 Å². The van der Waals surface area contributed by atoms with Gasteiger partial charge in [0, 0.05) is 32.8 Å². The fraction of sp³-hybridized carbons (Fsp3) is 0. The molecule has 0 spiro atoms. The molecule has 0 aliphatic carbocycles. The summed E-state index contributed by atoms with van der Waals surface area (Å²) in [6.45, 7) is 0. The number of anilines is 3. The molecule has 11 aromatic carbocycles. The van der Waals surface area contributed by atoms with Gasteiger partial charge < -0.3 is 9.47 Å². The van der Waals surface area contributed by atoms with Crippen LogP contribution in [0.5, 0.6) is 0 Å². The van der Waals surface area contributed by atoms with E-state index >= 15 is 0 Å². The second-order valence-corrected chi connectivity index (χ2v) is 16.1. The van der Waals surface area contributed by atoms with Gasteiger partial charge in [0.2, 0.25) is 0 Å². The van der Waals surface area contributed by atoms with Gasteiger partial charge in [-0.2, -0.15) is 0 Å².